The summed E-state index contributed by atoms with van der Waals surface area (Å²) in [5.41, 5.74) is 2.39. The molecule has 2 aromatic heterocycles. The Morgan fingerprint density at radius 3 is 2.65 bits per heavy atom. The number of guanidine groups is 1. The summed E-state index contributed by atoms with van der Waals surface area (Å²) in [6.45, 7) is 3.16. The molecule has 0 aliphatic rings. The van der Waals surface area contributed by atoms with Crippen molar-refractivity contribution < 1.29 is 0 Å². The minimum absolute atomic E-state index is 0. The van der Waals surface area contributed by atoms with Crippen LogP contribution in [0.2, 0.25) is 0 Å². The molecule has 138 valence electrons. The SMILES string of the molecule is CN=C(NCCn1cccc1)NCc1cccc(Cn2cncn2)c1.I. The molecule has 8 heteroatoms. The lowest BCUT2D eigenvalue weighted by Crippen LogP contribution is -2.38. The van der Waals surface area contributed by atoms with Crippen molar-refractivity contribution >= 4 is 29.9 Å². The fraction of sp³-hybridized carbons (Fsp3) is 0.278. The molecule has 7 nitrogen and oxygen atoms in total. The maximum absolute atomic E-state index is 4.27. The maximum atomic E-state index is 4.27. The summed E-state index contributed by atoms with van der Waals surface area (Å²) < 4.78 is 3.95. The largest absolute Gasteiger partial charge is 0.355 e. The first-order valence-corrected chi connectivity index (χ1v) is 8.29. The Hall–Kier alpha value is -2.36. The molecule has 0 spiro atoms. The van der Waals surface area contributed by atoms with E-state index >= 15 is 0 Å². The Balaban J connectivity index is 0.00000243. The number of rotatable bonds is 7. The highest BCUT2D eigenvalue weighted by molar-refractivity contribution is 14.0. The van der Waals surface area contributed by atoms with Crippen LogP contribution in [0.25, 0.3) is 0 Å². The number of hydrogen-bond donors (Lipinski definition) is 2. The van der Waals surface area contributed by atoms with Gasteiger partial charge >= 0.3 is 0 Å². The van der Waals surface area contributed by atoms with E-state index in [2.05, 4.69) is 66.9 Å². The van der Waals surface area contributed by atoms with Gasteiger partial charge < -0.3 is 15.2 Å². The average Bonchev–Trinajstić information content (AvgIpc) is 3.32. The van der Waals surface area contributed by atoms with Crippen LogP contribution in [0.1, 0.15) is 11.1 Å². The van der Waals surface area contributed by atoms with Gasteiger partial charge in [-0.1, -0.05) is 24.3 Å². The second-order valence-electron chi connectivity index (χ2n) is 5.69. The molecule has 3 aromatic rings. The van der Waals surface area contributed by atoms with E-state index in [1.54, 1.807) is 19.7 Å². The van der Waals surface area contributed by atoms with Gasteiger partial charge in [-0.05, 0) is 23.3 Å². The highest BCUT2D eigenvalue weighted by Crippen LogP contribution is 2.06. The van der Waals surface area contributed by atoms with Gasteiger partial charge in [0.05, 0.1) is 6.54 Å². The van der Waals surface area contributed by atoms with E-state index < -0.39 is 0 Å². The van der Waals surface area contributed by atoms with E-state index in [1.807, 2.05) is 16.8 Å². The molecule has 2 N–H and O–H groups in total. The van der Waals surface area contributed by atoms with Gasteiger partial charge in [-0.15, -0.1) is 24.0 Å². The molecule has 0 saturated heterocycles. The van der Waals surface area contributed by atoms with Gasteiger partial charge in [0.15, 0.2) is 5.96 Å². The molecule has 0 aliphatic heterocycles. The van der Waals surface area contributed by atoms with Crippen LogP contribution in [-0.2, 0) is 19.6 Å². The summed E-state index contributed by atoms with van der Waals surface area (Å²) in [5, 5.41) is 10.8. The van der Waals surface area contributed by atoms with Gasteiger partial charge in [0, 0.05) is 39.1 Å². The summed E-state index contributed by atoms with van der Waals surface area (Å²) in [7, 11) is 1.78. The van der Waals surface area contributed by atoms with Gasteiger partial charge in [-0.3, -0.25) is 4.99 Å². The standard InChI is InChI=1S/C18H23N7.HI/c1-19-18(21-7-10-24-8-2-3-9-24)22-12-16-5-4-6-17(11-16)13-25-15-20-14-23-25;/h2-6,8-9,11,14-15H,7,10,12-13H2,1H3,(H2,19,21,22);1H. The smallest absolute Gasteiger partial charge is 0.191 e. The van der Waals surface area contributed by atoms with Crippen molar-refractivity contribution in [3.05, 3.63) is 72.6 Å². The Morgan fingerprint density at radius 1 is 1.12 bits per heavy atom. The predicted octanol–water partition coefficient (Wildman–Crippen LogP) is 2.11. The third-order valence-corrected chi connectivity index (χ3v) is 3.81. The highest BCUT2D eigenvalue weighted by atomic mass is 127. The maximum Gasteiger partial charge on any atom is 0.191 e. The normalized spacial score (nSPS) is 11.0. The Bertz CT molecular complexity index is 782. The molecule has 26 heavy (non-hydrogen) atoms. The molecule has 0 aliphatic carbocycles. The van der Waals surface area contributed by atoms with Crippen LogP contribution in [0.3, 0.4) is 0 Å². The van der Waals surface area contributed by atoms with E-state index in [9.17, 15) is 0 Å². The predicted molar refractivity (Wildman–Crippen MR) is 114 cm³/mol. The van der Waals surface area contributed by atoms with Crippen molar-refractivity contribution in [3.63, 3.8) is 0 Å². The first-order chi connectivity index (χ1) is 12.3. The third-order valence-electron chi connectivity index (χ3n) is 3.81. The van der Waals surface area contributed by atoms with Crippen LogP contribution in [-0.4, -0.2) is 38.9 Å². The van der Waals surface area contributed by atoms with Crippen LogP contribution in [0.15, 0.2) is 66.4 Å². The zero-order chi connectivity index (χ0) is 17.3. The summed E-state index contributed by atoms with van der Waals surface area (Å²) >= 11 is 0. The van der Waals surface area contributed by atoms with Gasteiger partial charge in [0.25, 0.3) is 0 Å². The fourth-order valence-corrected chi connectivity index (χ4v) is 2.57. The number of hydrogen-bond acceptors (Lipinski definition) is 3. The van der Waals surface area contributed by atoms with E-state index in [1.165, 1.54) is 11.1 Å². The summed E-state index contributed by atoms with van der Waals surface area (Å²) in [5.74, 6) is 0.800. The zero-order valence-electron chi connectivity index (χ0n) is 14.7. The van der Waals surface area contributed by atoms with Crippen LogP contribution >= 0.6 is 24.0 Å². The molecule has 0 radical (unpaired) electrons. The van der Waals surface area contributed by atoms with Crippen molar-refractivity contribution in [2.45, 2.75) is 19.6 Å². The minimum Gasteiger partial charge on any atom is -0.355 e. The quantitative estimate of drug-likeness (QED) is 0.319. The van der Waals surface area contributed by atoms with Gasteiger partial charge in [0.1, 0.15) is 12.7 Å². The number of aliphatic imine (C=N–C) groups is 1. The average molecular weight is 465 g/mol. The lowest BCUT2D eigenvalue weighted by Gasteiger charge is -2.13. The first-order valence-electron chi connectivity index (χ1n) is 8.29. The molecular formula is C18H24IN7. The first kappa shape index (κ1) is 20.0. The number of nitrogens with one attached hydrogen (secondary N) is 2. The van der Waals surface area contributed by atoms with Crippen LogP contribution < -0.4 is 10.6 Å². The third kappa shape index (κ3) is 6.17. The molecule has 0 unspecified atom stereocenters. The number of benzene rings is 1. The molecular weight excluding hydrogens is 441 g/mol. The zero-order valence-corrected chi connectivity index (χ0v) is 17.1. The summed E-state index contributed by atoms with van der Waals surface area (Å²) in [6, 6.07) is 12.5. The van der Waals surface area contributed by atoms with Crippen LogP contribution in [0.5, 0.6) is 0 Å². The van der Waals surface area contributed by atoms with Crippen molar-refractivity contribution in [1.82, 2.24) is 30.0 Å². The van der Waals surface area contributed by atoms with E-state index in [0.29, 0.717) is 6.54 Å². The molecule has 2 heterocycles. The summed E-state index contributed by atoms with van der Waals surface area (Å²) in [4.78, 5) is 8.24. The molecule has 3 rings (SSSR count). The molecule has 0 atom stereocenters. The molecule has 0 bridgehead atoms. The molecule has 0 fully saturated rings. The van der Waals surface area contributed by atoms with E-state index in [0.717, 1.165) is 25.6 Å². The Morgan fingerprint density at radius 2 is 1.92 bits per heavy atom. The second kappa shape index (κ2) is 10.6. The Kier molecular flexibility index (Phi) is 8.13. The molecule has 0 saturated carbocycles. The highest BCUT2D eigenvalue weighted by Gasteiger charge is 2.01. The lowest BCUT2D eigenvalue weighted by atomic mass is 10.1. The minimum atomic E-state index is 0. The fourth-order valence-electron chi connectivity index (χ4n) is 2.57. The number of aromatic nitrogens is 4. The van der Waals surface area contributed by atoms with Crippen molar-refractivity contribution in [1.29, 1.82) is 0 Å². The number of nitrogens with zero attached hydrogens (tertiary/aromatic N) is 5. The number of halogens is 1. The monoisotopic (exact) mass is 465 g/mol. The molecule has 1 aromatic carbocycles. The van der Waals surface area contributed by atoms with Crippen LogP contribution in [0.4, 0.5) is 0 Å². The second-order valence-corrected chi connectivity index (χ2v) is 5.69. The lowest BCUT2D eigenvalue weighted by molar-refractivity contribution is 0.665. The van der Waals surface area contributed by atoms with Gasteiger partial charge in [-0.2, -0.15) is 5.10 Å². The van der Waals surface area contributed by atoms with Gasteiger partial charge in [0.2, 0.25) is 0 Å². The van der Waals surface area contributed by atoms with E-state index in [4.69, 9.17) is 0 Å². The van der Waals surface area contributed by atoms with Crippen molar-refractivity contribution in [2.75, 3.05) is 13.6 Å². The topological polar surface area (TPSA) is 72.1 Å². The van der Waals surface area contributed by atoms with Crippen molar-refractivity contribution in [3.8, 4) is 0 Å². The van der Waals surface area contributed by atoms with Crippen LogP contribution in [0, 0.1) is 0 Å². The van der Waals surface area contributed by atoms with Gasteiger partial charge in [-0.25, -0.2) is 9.67 Å². The summed E-state index contributed by atoms with van der Waals surface area (Å²) in [6.07, 6.45) is 7.38. The van der Waals surface area contributed by atoms with Crippen molar-refractivity contribution in [2.24, 2.45) is 4.99 Å². The van der Waals surface area contributed by atoms with E-state index in [-0.39, 0.29) is 24.0 Å². The molecule has 0 amide bonds. The Labute approximate surface area is 170 Å².